The Morgan fingerprint density at radius 3 is 2.50 bits per heavy atom. The zero-order valence-electron chi connectivity index (χ0n) is 5.76. The molecule has 0 fully saturated rings. The summed E-state index contributed by atoms with van der Waals surface area (Å²) >= 11 is 5.95. The van der Waals surface area contributed by atoms with Crippen molar-refractivity contribution < 1.29 is 13.2 Å². The van der Waals surface area contributed by atoms with Gasteiger partial charge in [0.05, 0.1) is 0 Å². The standard InChI is InChI=1S/C4H3ClF3N3S/c1-9-3-11(4(6,7)8)10-2(5)12-3/h1H3/b9-3+. The molecule has 0 N–H and O–H groups in total. The molecule has 0 aliphatic heterocycles. The average molecular weight is 218 g/mol. The maximum Gasteiger partial charge on any atom is 0.507 e. The quantitative estimate of drug-likeness (QED) is 0.649. The summed E-state index contributed by atoms with van der Waals surface area (Å²) in [5.74, 6) is 0. The SMILES string of the molecule is C/N=c1/sc(Cl)nn1C(F)(F)F. The Morgan fingerprint density at radius 1 is 1.58 bits per heavy atom. The minimum absolute atomic E-state index is 0.167. The van der Waals surface area contributed by atoms with E-state index >= 15 is 0 Å². The van der Waals surface area contributed by atoms with Gasteiger partial charge in [0, 0.05) is 7.05 Å². The summed E-state index contributed by atoms with van der Waals surface area (Å²) in [5.41, 5.74) is 0. The highest BCUT2D eigenvalue weighted by Crippen LogP contribution is 2.21. The molecule has 0 atom stereocenters. The second-order valence-corrected chi connectivity index (χ2v) is 3.28. The van der Waals surface area contributed by atoms with Crippen molar-refractivity contribution in [1.82, 2.24) is 9.78 Å². The van der Waals surface area contributed by atoms with Crippen molar-refractivity contribution >= 4 is 22.9 Å². The highest BCUT2D eigenvalue weighted by atomic mass is 35.5. The van der Waals surface area contributed by atoms with Crippen LogP contribution in [0.4, 0.5) is 13.2 Å². The zero-order valence-corrected chi connectivity index (χ0v) is 7.33. The predicted molar refractivity (Wildman–Crippen MR) is 37.9 cm³/mol. The number of hydrogen-bond donors (Lipinski definition) is 0. The first-order valence-corrected chi connectivity index (χ1v) is 3.90. The number of alkyl halides is 3. The molecule has 0 unspecified atom stereocenters. The Hall–Kier alpha value is -0.560. The molecule has 0 aromatic carbocycles. The van der Waals surface area contributed by atoms with Crippen LogP contribution in [0, 0.1) is 0 Å². The third-order valence-electron chi connectivity index (χ3n) is 0.967. The Balaban J connectivity index is 3.34. The van der Waals surface area contributed by atoms with Gasteiger partial charge in [-0.05, 0) is 11.6 Å². The molecule has 8 heteroatoms. The van der Waals surface area contributed by atoms with Gasteiger partial charge in [0.1, 0.15) is 0 Å². The van der Waals surface area contributed by atoms with E-state index in [9.17, 15) is 13.2 Å². The normalized spacial score (nSPS) is 13.9. The van der Waals surface area contributed by atoms with Crippen LogP contribution in [0.1, 0.15) is 0 Å². The van der Waals surface area contributed by atoms with Gasteiger partial charge in [-0.3, -0.25) is 4.99 Å². The topological polar surface area (TPSA) is 30.2 Å². The predicted octanol–water partition coefficient (Wildman–Crippen LogP) is 1.60. The van der Waals surface area contributed by atoms with Gasteiger partial charge >= 0.3 is 6.30 Å². The lowest BCUT2D eigenvalue weighted by Gasteiger charge is -2.03. The van der Waals surface area contributed by atoms with Crippen LogP contribution < -0.4 is 4.80 Å². The molecular formula is C4H3ClF3N3S. The van der Waals surface area contributed by atoms with Crippen molar-refractivity contribution in [2.45, 2.75) is 6.30 Å². The fourth-order valence-electron chi connectivity index (χ4n) is 0.566. The van der Waals surface area contributed by atoms with Crippen molar-refractivity contribution in [2.24, 2.45) is 4.99 Å². The van der Waals surface area contributed by atoms with Crippen LogP contribution in [0.3, 0.4) is 0 Å². The lowest BCUT2D eigenvalue weighted by molar-refractivity contribution is -0.214. The summed E-state index contributed by atoms with van der Waals surface area (Å²) in [4.78, 5) is 3.10. The molecule has 1 rings (SSSR count). The number of hydrogen-bond acceptors (Lipinski definition) is 3. The fourth-order valence-corrected chi connectivity index (χ4v) is 1.44. The van der Waals surface area contributed by atoms with E-state index in [1.54, 1.807) is 0 Å². The Bertz CT molecular complexity index is 338. The molecule has 0 aliphatic carbocycles. The summed E-state index contributed by atoms with van der Waals surface area (Å²) in [6.45, 7) is 0. The van der Waals surface area contributed by atoms with Gasteiger partial charge in [-0.15, -0.1) is 23.0 Å². The highest BCUT2D eigenvalue weighted by Gasteiger charge is 2.33. The molecule has 0 radical (unpaired) electrons. The average Bonchev–Trinajstić information content (AvgIpc) is 2.29. The van der Waals surface area contributed by atoms with Gasteiger partial charge in [-0.1, -0.05) is 11.3 Å². The van der Waals surface area contributed by atoms with Crippen LogP contribution in [0.5, 0.6) is 0 Å². The van der Waals surface area contributed by atoms with Crippen molar-refractivity contribution in [3.05, 3.63) is 9.27 Å². The molecule has 0 aliphatic rings. The van der Waals surface area contributed by atoms with Crippen LogP contribution in [-0.4, -0.2) is 16.8 Å². The van der Waals surface area contributed by atoms with E-state index in [0.29, 0.717) is 11.3 Å². The van der Waals surface area contributed by atoms with E-state index in [-0.39, 0.29) is 14.0 Å². The molecule has 3 nitrogen and oxygen atoms in total. The number of aromatic nitrogens is 2. The van der Waals surface area contributed by atoms with Crippen LogP contribution >= 0.6 is 22.9 Å². The van der Waals surface area contributed by atoms with Gasteiger partial charge in [0.15, 0.2) is 0 Å². The smallest absolute Gasteiger partial charge is 0.261 e. The van der Waals surface area contributed by atoms with E-state index < -0.39 is 6.30 Å². The second-order valence-electron chi connectivity index (χ2n) is 1.74. The third kappa shape index (κ3) is 1.78. The molecule has 1 aromatic heterocycles. The number of halogens is 4. The Kier molecular flexibility index (Phi) is 2.43. The Labute approximate surface area is 74.1 Å². The molecule has 0 saturated carbocycles. The van der Waals surface area contributed by atoms with Crippen molar-refractivity contribution in [1.29, 1.82) is 0 Å². The van der Waals surface area contributed by atoms with Gasteiger partial charge in [0.25, 0.3) is 0 Å². The molecular weight excluding hydrogens is 215 g/mol. The van der Waals surface area contributed by atoms with E-state index in [1.807, 2.05) is 0 Å². The monoisotopic (exact) mass is 217 g/mol. The van der Waals surface area contributed by atoms with Gasteiger partial charge < -0.3 is 0 Å². The summed E-state index contributed by atoms with van der Waals surface area (Å²) < 4.78 is 35.8. The fraction of sp³-hybridized carbons (Fsp3) is 0.500. The number of nitrogens with zero attached hydrogens (tertiary/aromatic N) is 3. The van der Waals surface area contributed by atoms with Crippen molar-refractivity contribution in [3.63, 3.8) is 0 Å². The first-order chi connectivity index (χ1) is 5.45. The number of rotatable bonds is 0. The minimum Gasteiger partial charge on any atom is -0.261 e. The maximum atomic E-state index is 12.0. The summed E-state index contributed by atoms with van der Waals surface area (Å²) in [6.07, 6.45) is -4.56. The summed E-state index contributed by atoms with van der Waals surface area (Å²) in [5, 5.41) is 3.03. The largest absolute Gasteiger partial charge is 0.507 e. The lowest BCUT2D eigenvalue weighted by Crippen LogP contribution is -2.28. The first kappa shape index (κ1) is 9.53. The second kappa shape index (κ2) is 3.06. The molecule has 0 bridgehead atoms. The minimum atomic E-state index is -4.56. The molecule has 1 aromatic rings. The van der Waals surface area contributed by atoms with Crippen molar-refractivity contribution in [3.8, 4) is 0 Å². The molecule has 68 valence electrons. The van der Waals surface area contributed by atoms with E-state index in [1.165, 1.54) is 7.05 Å². The van der Waals surface area contributed by atoms with E-state index in [2.05, 4.69) is 10.1 Å². The van der Waals surface area contributed by atoms with E-state index in [4.69, 9.17) is 11.6 Å². The lowest BCUT2D eigenvalue weighted by atomic mass is 11.0. The van der Waals surface area contributed by atoms with Gasteiger partial charge in [0.2, 0.25) is 9.27 Å². The van der Waals surface area contributed by atoms with Crippen LogP contribution in [0.15, 0.2) is 4.99 Å². The van der Waals surface area contributed by atoms with Crippen molar-refractivity contribution in [2.75, 3.05) is 7.05 Å². The van der Waals surface area contributed by atoms with Crippen LogP contribution in [0.25, 0.3) is 0 Å². The molecule has 1 heterocycles. The van der Waals surface area contributed by atoms with Crippen LogP contribution in [0.2, 0.25) is 4.47 Å². The first-order valence-electron chi connectivity index (χ1n) is 2.71. The maximum absolute atomic E-state index is 12.0. The van der Waals surface area contributed by atoms with Crippen LogP contribution in [-0.2, 0) is 6.30 Å². The molecule has 0 saturated heterocycles. The summed E-state index contributed by atoms with van der Waals surface area (Å²) in [7, 11) is 1.24. The summed E-state index contributed by atoms with van der Waals surface area (Å²) in [6, 6.07) is 0. The third-order valence-corrected chi connectivity index (χ3v) is 2.06. The molecule has 12 heavy (non-hydrogen) atoms. The zero-order chi connectivity index (χ0) is 9.35. The van der Waals surface area contributed by atoms with E-state index in [0.717, 1.165) is 0 Å². The molecule has 0 amide bonds. The highest BCUT2D eigenvalue weighted by molar-refractivity contribution is 7.13. The molecule has 0 spiro atoms. The van der Waals surface area contributed by atoms with Gasteiger partial charge in [-0.2, -0.15) is 0 Å². The Morgan fingerprint density at radius 2 is 2.17 bits per heavy atom. The van der Waals surface area contributed by atoms with Gasteiger partial charge in [-0.25, -0.2) is 0 Å².